The van der Waals surface area contributed by atoms with Gasteiger partial charge in [0, 0.05) is 0 Å². The van der Waals surface area contributed by atoms with Crippen LogP contribution in [0.3, 0.4) is 0 Å². The molecule has 1 aromatic rings. The second kappa shape index (κ2) is 2.43. The third-order valence-electron chi connectivity index (χ3n) is 2.09. The molecule has 0 atom stereocenters. The summed E-state index contributed by atoms with van der Waals surface area (Å²) in [5.74, 6) is 0. The number of aromatic nitrogens is 2. The largest absolute Gasteiger partial charge is 0.240 e. The van der Waals surface area contributed by atoms with Gasteiger partial charge in [0.15, 0.2) is 0 Å². The Morgan fingerprint density at radius 1 is 1.50 bits per heavy atom. The first-order valence-corrected chi connectivity index (χ1v) is 4.04. The number of halogens is 1. The highest BCUT2D eigenvalue weighted by atomic mass is 35.5. The molecule has 3 nitrogen and oxygen atoms in total. The molecule has 1 aromatic heterocycles. The summed E-state index contributed by atoms with van der Waals surface area (Å²) in [6.07, 6.45) is 3.17. The zero-order valence-corrected chi connectivity index (χ0v) is 7.04. The average molecular weight is 180 g/mol. The summed E-state index contributed by atoms with van der Waals surface area (Å²) >= 11 is 5.68. The van der Waals surface area contributed by atoms with Crippen molar-refractivity contribution >= 4 is 11.6 Å². The van der Waals surface area contributed by atoms with Crippen LogP contribution in [0.2, 0.25) is 5.15 Å². The molecule has 0 amide bonds. The Hall–Kier alpha value is -1.14. The molecular weight excluding hydrogens is 174 g/mol. The Balaban J connectivity index is 2.42. The fourth-order valence-electron chi connectivity index (χ4n) is 1.15. The molecule has 0 N–H and O–H groups in total. The number of rotatable bonds is 1. The van der Waals surface area contributed by atoms with Crippen molar-refractivity contribution in [3.63, 3.8) is 0 Å². The van der Waals surface area contributed by atoms with Gasteiger partial charge in [0.25, 0.3) is 0 Å². The van der Waals surface area contributed by atoms with Crippen LogP contribution < -0.4 is 0 Å². The Morgan fingerprint density at radius 2 is 2.25 bits per heavy atom. The van der Waals surface area contributed by atoms with E-state index in [0.29, 0.717) is 5.15 Å². The van der Waals surface area contributed by atoms with Gasteiger partial charge in [-0.25, -0.2) is 9.97 Å². The quantitative estimate of drug-likeness (QED) is 0.617. The number of nitrogens with zero attached hydrogens (tertiary/aromatic N) is 3. The second-order valence-corrected chi connectivity index (χ2v) is 3.31. The van der Waals surface area contributed by atoms with E-state index in [4.69, 9.17) is 16.9 Å². The van der Waals surface area contributed by atoms with Crippen molar-refractivity contribution in [2.24, 2.45) is 0 Å². The molecule has 1 heterocycles. The summed E-state index contributed by atoms with van der Waals surface area (Å²) in [5, 5.41) is 9.25. The van der Waals surface area contributed by atoms with Gasteiger partial charge in [-0.05, 0) is 18.9 Å². The number of nitriles is 1. The van der Waals surface area contributed by atoms with Gasteiger partial charge in [-0.2, -0.15) is 5.26 Å². The molecule has 1 aliphatic rings. The summed E-state index contributed by atoms with van der Waals surface area (Å²) in [5.41, 5.74) is 0.400. The monoisotopic (exact) mass is 179 g/mol. The maximum absolute atomic E-state index is 8.85. The molecule has 60 valence electrons. The van der Waals surface area contributed by atoms with E-state index >= 15 is 0 Å². The maximum atomic E-state index is 8.85. The Morgan fingerprint density at radius 3 is 2.75 bits per heavy atom. The van der Waals surface area contributed by atoms with E-state index in [-0.39, 0.29) is 5.41 Å². The van der Waals surface area contributed by atoms with Gasteiger partial charge >= 0.3 is 0 Å². The van der Waals surface area contributed by atoms with Gasteiger partial charge in [0.1, 0.15) is 11.5 Å². The molecule has 4 heteroatoms. The van der Waals surface area contributed by atoms with Gasteiger partial charge in [-0.15, -0.1) is 0 Å². The molecule has 0 radical (unpaired) electrons. The lowest BCUT2D eigenvalue weighted by molar-refractivity contribution is 0.843. The molecule has 1 aliphatic carbocycles. The number of hydrogen-bond donors (Lipinski definition) is 0. The minimum atomic E-state index is -0.355. The fourth-order valence-corrected chi connectivity index (χ4v) is 1.29. The van der Waals surface area contributed by atoms with E-state index in [0.717, 1.165) is 18.5 Å². The van der Waals surface area contributed by atoms with Crippen LogP contribution in [0.15, 0.2) is 12.4 Å². The molecule has 2 rings (SSSR count). The normalized spacial score (nSPS) is 18.3. The van der Waals surface area contributed by atoms with Crippen LogP contribution in [-0.2, 0) is 5.41 Å². The van der Waals surface area contributed by atoms with Crippen LogP contribution in [0.5, 0.6) is 0 Å². The first-order valence-electron chi connectivity index (χ1n) is 3.66. The predicted octanol–water partition coefficient (Wildman–Crippen LogP) is 1.69. The van der Waals surface area contributed by atoms with Crippen LogP contribution in [0.4, 0.5) is 0 Å². The highest BCUT2D eigenvalue weighted by Gasteiger charge is 2.46. The van der Waals surface area contributed by atoms with E-state index in [1.165, 1.54) is 6.33 Å². The zero-order chi connectivity index (χ0) is 8.60. The van der Waals surface area contributed by atoms with Crippen LogP contribution in [0.1, 0.15) is 18.5 Å². The Kier molecular flexibility index (Phi) is 1.52. The van der Waals surface area contributed by atoms with E-state index in [1.54, 1.807) is 6.07 Å². The van der Waals surface area contributed by atoms with E-state index in [1.807, 2.05) is 0 Å². The minimum Gasteiger partial charge on any atom is -0.240 e. The molecule has 0 unspecified atom stereocenters. The van der Waals surface area contributed by atoms with Gasteiger partial charge in [0.2, 0.25) is 0 Å². The van der Waals surface area contributed by atoms with E-state index in [2.05, 4.69) is 16.0 Å². The van der Waals surface area contributed by atoms with Gasteiger partial charge in [0.05, 0.1) is 17.2 Å². The Bertz CT molecular complexity index is 352. The smallest absolute Gasteiger partial charge is 0.132 e. The van der Waals surface area contributed by atoms with Crippen LogP contribution >= 0.6 is 11.6 Å². The molecule has 0 spiro atoms. The molecule has 1 saturated carbocycles. The molecule has 1 fully saturated rings. The van der Waals surface area contributed by atoms with Crippen LogP contribution in [0.25, 0.3) is 0 Å². The Labute approximate surface area is 75.0 Å². The average Bonchev–Trinajstić information content (AvgIpc) is 2.84. The zero-order valence-electron chi connectivity index (χ0n) is 6.29. The van der Waals surface area contributed by atoms with Crippen molar-refractivity contribution in [2.45, 2.75) is 18.3 Å². The van der Waals surface area contributed by atoms with Crippen molar-refractivity contribution in [3.8, 4) is 6.07 Å². The SMILES string of the molecule is N#CC1(c2cc(Cl)ncn2)CC1. The number of hydrogen-bond acceptors (Lipinski definition) is 3. The maximum Gasteiger partial charge on any atom is 0.132 e. The van der Waals surface area contributed by atoms with Crippen molar-refractivity contribution in [1.82, 2.24) is 9.97 Å². The molecule has 0 bridgehead atoms. The summed E-state index contributed by atoms with van der Waals surface area (Å²) < 4.78 is 0. The predicted molar refractivity (Wildman–Crippen MR) is 43.6 cm³/mol. The highest BCUT2D eigenvalue weighted by Crippen LogP contribution is 2.46. The van der Waals surface area contributed by atoms with Crippen molar-refractivity contribution in [2.75, 3.05) is 0 Å². The van der Waals surface area contributed by atoms with Crippen molar-refractivity contribution < 1.29 is 0 Å². The molecule has 0 aromatic carbocycles. The lowest BCUT2D eigenvalue weighted by Crippen LogP contribution is -2.05. The second-order valence-electron chi connectivity index (χ2n) is 2.92. The third kappa shape index (κ3) is 1.05. The van der Waals surface area contributed by atoms with E-state index < -0.39 is 0 Å². The van der Waals surface area contributed by atoms with E-state index in [9.17, 15) is 0 Å². The topological polar surface area (TPSA) is 49.6 Å². The molecular formula is C8H6ClN3. The van der Waals surface area contributed by atoms with Crippen LogP contribution in [-0.4, -0.2) is 9.97 Å². The first kappa shape index (κ1) is 7.51. The summed E-state index contributed by atoms with van der Waals surface area (Å²) in [6.45, 7) is 0. The lowest BCUT2D eigenvalue weighted by atomic mass is 10.1. The third-order valence-corrected chi connectivity index (χ3v) is 2.29. The molecule has 0 saturated heterocycles. The van der Waals surface area contributed by atoms with Gasteiger partial charge in [-0.3, -0.25) is 0 Å². The van der Waals surface area contributed by atoms with Crippen molar-refractivity contribution in [3.05, 3.63) is 23.2 Å². The fraction of sp³-hybridized carbons (Fsp3) is 0.375. The van der Waals surface area contributed by atoms with Crippen molar-refractivity contribution in [1.29, 1.82) is 5.26 Å². The molecule has 12 heavy (non-hydrogen) atoms. The highest BCUT2D eigenvalue weighted by molar-refractivity contribution is 6.29. The lowest BCUT2D eigenvalue weighted by Gasteiger charge is -2.02. The first-order chi connectivity index (χ1) is 5.77. The molecule has 0 aliphatic heterocycles. The minimum absolute atomic E-state index is 0.355. The van der Waals surface area contributed by atoms with Gasteiger partial charge in [-0.1, -0.05) is 11.6 Å². The standard InChI is InChI=1S/C8H6ClN3/c9-7-3-6(11-5-12-7)8(4-10)1-2-8/h3,5H,1-2H2. The van der Waals surface area contributed by atoms with Crippen LogP contribution in [0, 0.1) is 11.3 Å². The summed E-state index contributed by atoms with van der Waals surface area (Å²) in [6, 6.07) is 3.91. The summed E-state index contributed by atoms with van der Waals surface area (Å²) in [7, 11) is 0. The summed E-state index contributed by atoms with van der Waals surface area (Å²) in [4.78, 5) is 7.79. The van der Waals surface area contributed by atoms with Gasteiger partial charge < -0.3 is 0 Å².